The molecule has 2 fully saturated rings. The fraction of sp³-hybridized carbons (Fsp3) is 0.433. The third kappa shape index (κ3) is 6.15. The minimum Gasteiger partial charge on any atom is -0.376 e. The van der Waals surface area contributed by atoms with Gasteiger partial charge in [0, 0.05) is 57.0 Å². The Labute approximate surface area is 243 Å². The van der Waals surface area contributed by atoms with Crippen LogP contribution in [0.4, 0.5) is 11.4 Å². The molecule has 41 heavy (non-hydrogen) atoms. The summed E-state index contributed by atoms with van der Waals surface area (Å²) >= 11 is 1.22. The lowest BCUT2D eigenvalue weighted by molar-refractivity contribution is -0.132. The molecule has 0 aliphatic carbocycles. The minimum absolute atomic E-state index is 0.0437. The van der Waals surface area contributed by atoms with E-state index in [1.165, 1.54) is 22.3 Å². The van der Waals surface area contributed by atoms with E-state index in [2.05, 4.69) is 22.3 Å². The van der Waals surface area contributed by atoms with Gasteiger partial charge in [0.15, 0.2) is 5.17 Å². The van der Waals surface area contributed by atoms with Gasteiger partial charge in [-0.2, -0.15) is 0 Å². The predicted molar refractivity (Wildman–Crippen MR) is 160 cm³/mol. The molecule has 2 aromatic carbocycles. The molecule has 214 valence electrons. The van der Waals surface area contributed by atoms with Gasteiger partial charge in [0.05, 0.1) is 17.5 Å². The Hall–Kier alpha value is -3.70. The molecule has 4 aliphatic rings. The maximum absolute atomic E-state index is 13.6. The van der Waals surface area contributed by atoms with Gasteiger partial charge < -0.3 is 19.9 Å². The number of hydrogen-bond donors (Lipinski definition) is 1. The summed E-state index contributed by atoms with van der Waals surface area (Å²) in [6.45, 7) is 4.10. The summed E-state index contributed by atoms with van der Waals surface area (Å²) in [5, 5.41) is 3.36. The van der Waals surface area contributed by atoms with E-state index >= 15 is 0 Å². The highest BCUT2D eigenvalue weighted by molar-refractivity contribution is 8.14. The Morgan fingerprint density at radius 2 is 1.80 bits per heavy atom. The maximum atomic E-state index is 13.6. The fourth-order valence-corrected chi connectivity index (χ4v) is 6.40. The Kier molecular flexibility index (Phi) is 8.33. The highest BCUT2D eigenvalue weighted by atomic mass is 32.2. The molecule has 4 aliphatic heterocycles. The van der Waals surface area contributed by atoms with E-state index in [1.807, 2.05) is 47.4 Å². The van der Waals surface area contributed by atoms with E-state index in [4.69, 9.17) is 14.7 Å². The Balaban J connectivity index is 1.06. The summed E-state index contributed by atoms with van der Waals surface area (Å²) in [7, 11) is 0. The second-order valence-corrected chi connectivity index (χ2v) is 11.5. The first-order valence-corrected chi connectivity index (χ1v) is 15.2. The molecule has 0 saturated carbocycles. The lowest BCUT2D eigenvalue weighted by Crippen LogP contribution is -2.49. The Morgan fingerprint density at radius 3 is 2.59 bits per heavy atom. The number of benzene rings is 2. The van der Waals surface area contributed by atoms with Crippen LogP contribution in [0.1, 0.15) is 31.2 Å². The quantitative estimate of drug-likeness (QED) is 0.520. The third-order valence-electron chi connectivity index (χ3n) is 7.82. The molecule has 10 nitrogen and oxygen atoms in total. The molecule has 0 aromatic heterocycles. The highest BCUT2D eigenvalue weighted by Gasteiger charge is 2.41. The van der Waals surface area contributed by atoms with Gasteiger partial charge in [-0.3, -0.25) is 19.4 Å². The van der Waals surface area contributed by atoms with E-state index in [9.17, 15) is 14.4 Å². The maximum Gasteiger partial charge on any atom is 0.259 e. The van der Waals surface area contributed by atoms with Gasteiger partial charge in [-0.25, -0.2) is 9.89 Å². The van der Waals surface area contributed by atoms with Crippen molar-refractivity contribution in [3.05, 3.63) is 60.2 Å². The molecule has 6 rings (SSSR count). The zero-order chi connectivity index (χ0) is 28.2. The predicted octanol–water partition coefficient (Wildman–Crippen LogP) is 2.80. The van der Waals surface area contributed by atoms with Gasteiger partial charge in [0.1, 0.15) is 11.9 Å². The number of carbonyl (C=O) groups excluding carboxylic acids is 3. The lowest BCUT2D eigenvalue weighted by atomic mass is 10.1. The van der Waals surface area contributed by atoms with Crippen molar-refractivity contribution in [3.8, 4) is 0 Å². The third-order valence-corrected chi connectivity index (χ3v) is 8.75. The summed E-state index contributed by atoms with van der Waals surface area (Å²) in [6.07, 6.45) is 2.62. The molecule has 0 spiro atoms. The average molecular weight is 575 g/mol. The average Bonchev–Trinajstić information content (AvgIpc) is 3.66. The number of nitrogens with one attached hydrogen (secondary N) is 1. The standard InChI is InChI=1S/C30H34N6O4S/c37-26(31-19-22-9-6-18-40-22)20-41-30-33-24-11-5-4-10-23(24)28-32-25(29(39)36(28)30)12-13-27(38)35-16-14-34(15-17-35)21-7-2-1-3-8-21/h1-5,7-8,10-11,22,25H,6,9,12-20H2,(H,31,37)/t22-,25-/m1/s1. The molecule has 0 unspecified atom stereocenters. The summed E-state index contributed by atoms with van der Waals surface area (Å²) < 4.78 is 5.58. The van der Waals surface area contributed by atoms with Crippen molar-refractivity contribution < 1.29 is 19.1 Å². The van der Waals surface area contributed by atoms with E-state index in [0.717, 1.165) is 38.1 Å². The zero-order valence-corrected chi connectivity index (χ0v) is 23.7. The second-order valence-electron chi connectivity index (χ2n) is 10.5. The summed E-state index contributed by atoms with van der Waals surface area (Å²) in [4.78, 5) is 54.3. The van der Waals surface area contributed by atoms with E-state index in [-0.39, 0.29) is 36.0 Å². The van der Waals surface area contributed by atoms with Gasteiger partial charge >= 0.3 is 0 Å². The van der Waals surface area contributed by atoms with Crippen LogP contribution >= 0.6 is 11.8 Å². The Bertz CT molecular complexity index is 1350. The SMILES string of the molecule is O=C(CSC1=Nc2ccccc2C2=N[C@H](CCC(=O)N3CCN(c4ccccc4)CC3)C(=O)N12)NC[C@H]1CCCO1. The van der Waals surface area contributed by atoms with Gasteiger partial charge in [-0.1, -0.05) is 42.1 Å². The molecule has 2 aromatic rings. The topological polar surface area (TPSA) is 107 Å². The number of para-hydroxylation sites is 2. The molecule has 0 radical (unpaired) electrons. The first-order chi connectivity index (χ1) is 20.1. The van der Waals surface area contributed by atoms with E-state index < -0.39 is 6.04 Å². The number of nitrogens with zero attached hydrogens (tertiary/aromatic N) is 5. The largest absolute Gasteiger partial charge is 0.376 e. The van der Waals surface area contributed by atoms with Crippen molar-refractivity contribution >= 4 is 51.9 Å². The van der Waals surface area contributed by atoms with Crippen molar-refractivity contribution in [2.45, 2.75) is 37.8 Å². The second kappa shape index (κ2) is 12.4. The number of amides is 3. The molecular formula is C30H34N6O4S. The number of ether oxygens (including phenoxy) is 1. The smallest absolute Gasteiger partial charge is 0.259 e. The van der Waals surface area contributed by atoms with Crippen molar-refractivity contribution in [3.63, 3.8) is 0 Å². The van der Waals surface area contributed by atoms with Crippen LogP contribution in [-0.4, -0.2) is 95.8 Å². The number of anilines is 1. The summed E-state index contributed by atoms with van der Waals surface area (Å²) in [5.74, 6) is 0.371. The van der Waals surface area contributed by atoms with Gasteiger partial charge in [-0.15, -0.1) is 0 Å². The number of thioether (sulfide) groups is 1. The first-order valence-electron chi connectivity index (χ1n) is 14.3. The minimum atomic E-state index is -0.662. The number of carbonyl (C=O) groups is 3. The molecule has 2 atom stereocenters. The number of piperazine rings is 1. The van der Waals surface area contributed by atoms with Crippen molar-refractivity contribution in [2.75, 3.05) is 50.0 Å². The molecule has 3 amide bonds. The number of rotatable bonds is 8. The fourth-order valence-electron chi connectivity index (χ4n) is 5.57. The summed E-state index contributed by atoms with van der Waals surface area (Å²) in [5.41, 5.74) is 2.66. The van der Waals surface area contributed by atoms with Crippen LogP contribution in [0.3, 0.4) is 0 Å². The number of hydrogen-bond acceptors (Lipinski definition) is 8. The van der Waals surface area contributed by atoms with Crippen LogP contribution in [0.15, 0.2) is 64.6 Å². The monoisotopic (exact) mass is 574 g/mol. The normalized spacial score (nSPS) is 21.8. The number of aliphatic imine (C=N–C) groups is 2. The summed E-state index contributed by atoms with van der Waals surface area (Å²) in [6, 6.07) is 17.1. The highest BCUT2D eigenvalue weighted by Crippen LogP contribution is 2.34. The van der Waals surface area contributed by atoms with Crippen LogP contribution in [0.5, 0.6) is 0 Å². The van der Waals surface area contributed by atoms with Crippen LogP contribution in [0, 0.1) is 0 Å². The van der Waals surface area contributed by atoms with Crippen LogP contribution in [0.2, 0.25) is 0 Å². The molecule has 11 heteroatoms. The lowest BCUT2D eigenvalue weighted by Gasteiger charge is -2.36. The van der Waals surface area contributed by atoms with Crippen molar-refractivity contribution in [1.29, 1.82) is 0 Å². The van der Waals surface area contributed by atoms with Crippen LogP contribution in [0.25, 0.3) is 0 Å². The number of fused-ring (bicyclic) bond motifs is 3. The number of amidine groups is 2. The molecule has 4 heterocycles. The molecule has 0 bridgehead atoms. The van der Waals surface area contributed by atoms with Gasteiger partial charge in [0.25, 0.3) is 5.91 Å². The molecule has 2 saturated heterocycles. The first kappa shape index (κ1) is 27.5. The molecule has 1 N–H and O–H groups in total. The van der Waals surface area contributed by atoms with Crippen molar-refractivity contribution in [1.82, 2.24) is 15.1 Å². The van der Waals surface area contributed by atoms with Crippen LogP contribution in [-0.2, 0) is 19.1 Å². The Morgan fingerprint density at radius 1 is 1.02 bits per heavy atom. The van der Waals surface area contributed by atoms with Gasteiger partial charge in [-0.05, 0) is 43.5 Å². The zero-order valence-electron chi connectivity index (χ0n) is 22.9. The van der Waals surface area contributed by atoms with Crippen LogP contribution < -0.4 is 10.2 Å². The van der Waals surface area contributed by atoms with Gasteiger partial charge in [0.2, 0.25) is 11.8 Å². The molecular weight excluding hydrogens is 540 g/mol. The van der Waals surface area contributed by atoms with E-state index in [1.54, 1.807) is 0 Å². The van der Waals surface area contributed by atoms with E-state index in [0.29, 0.717) is 42.7 Å². The van der Waals surface area contributed by atoms with Crippen molar-refractivity contribution in [2.24, 2.45) is 9.98 Å².